The highest BCUT2D eigenvalue weighted by molar-refractivity contribution is 6.30. The van der Waals surface area contributed by atoms with Crippen LogP contribution >= 0.6 is 11.6 Å². The van der Waals surface area contributed by atoms with Crippen molar-refractivity contribution in [1.82, 2.24) is 9.88 Å². The van der Waals surface area contributed by atoms with E-state index in [4.69, 9.17) is 22.1 Å². The number of nitrogens with zero attached hydrogens (tertiary/aromatic N) is 2. The average molecular weight is 294 g/mol. The lowest BCUT2D eigenvalue weighted by Crippen LogP contribution is -2.30. The summed E-state index contributed by atoms with van der Waals surface area (Å²) in [4.78, 5) is 17.0. The van der Waals surface area contributed by atoms with E-state index in [9.17, 15) is 4.79 Å². The van der Waals surface area contributed by atoms with Crippen molar-refractivity contribution in [2.75, 3.05) is 20.7 Å². The van der Waals surface area contributed by atoms with Gasteiger partial charge >= 0.3 is 0 Å². The molecule has 0 aliphatic carbocycles. The van der Waals surface area contributed by atoms with Crippen LogP contribution in [0.5, 0.6) is 5.75 Å². The van der Waals surface area contributed by atoms with Crippen molar-refractivity contribution >= 4 is 28.4 Å². The standard InChI is InChI=1S/C14H16ClN3O2/c1-18(8-13(16)19)7-10-5-9-3-4-11(20-2)6-12(9)17-14(10)15/h3-6H,7-8H2,1-2H3,(H2,16,19). The van der Waals surface area contributed by atoms with Gasteiger partial charge in [0.25, 0.3) is 0 Å². The van der Waals surface area contributed by atoms with E-state index < -0.39 is 0 Å². The fourth-order valence-corrected chi connectivity index (χ4v) is 2.22. The van der Waals surface area contributed by atoms with Crippen LogP contribution in [0.3, 0.4) is 0 Å². The molecular weight excluding hydrogens is 278 g/mol. The van der Waals surface area contributed by atoms with Gasteiger partial charge in [0.05, 0.1) is 19.2 Å². The van der Waals surface area contributed by atoms with Crippen LogP contribution in [0.4, 0.5) is 0 Å². The summed E-state index contributed by atoms with van der Waals surface area (Å²) in [5, 5.41) is 1.39. The van der Waals surface area contributed by atoms with Crippen LogP contribution in [0, 0.1) is 0 Å². The molecule has 0 radical (unpaired) electrons. The van der Waals surface area contributed by atoms with Crippen molar-refractivity contribution in [1.29, 1.82) is 0 Å². The number of ether oxygens (including phenoxy) is 1. The second-order valence-electron chi connectivity index (χ2n) is 4.64. The van der Waals surface area contributed by atoms with Crippen LogP contribution in [-0.2, 0) is 11.3 Å². The van der Waals surface area contributed by atoms with Crippen molar-refractivity contribution in [3.8, 4) is 5.75 Å². The minimum Gasteiger partial charge on any atom is -0.497 e. The topological polar surface area (TPSA) is 68.5 Å². The third-order valence-electron chi connectivity index (χ3n) is 2.92. The van der Waals surface area contributed by atoms with Gasteiger partial charge in [0.15, 0.2) is 0 Å². The molecule has 6 heteroatoms. The number of carbonyl (C=O) groups excluding carboxylic acids is 1. The molecule has 2 aromatic rings. The van der Waals surface area contributed by atoms with Gasteiger partial charge in [-0.3, -0.25) is 9.69 Å². The largest absolute Gasteiger partial charge is 0.497 e. The highest BCUT2D eigenvalue weighted by atomic mass is 35.5. The summed E-state index contributed by atoms with van der Waals surface area (Å²) in [6, 6.07) is 7.59. The van der Waals surface area contributed by atoms with Gasteiger partial charge in [0.2, 0.25) is 5.91 Å². The molecule has 5 nitrogen and oxygen atoms in total. The first-order valence-electron chi connectivity index (χ1n) is 6.09. The van der Waals surface area contributed by atoms with Crippen molar-refractivity contribution in [2.45, 2.75) is 6.54 Å². The van der Waals surface area contributed by atoms with E-state index >= 15 is 0 Å². The first-order valence-corrected chi connectivity index (χ1v) is 6.47. The van der Waals surface area contributed by atoms with Crippen LogP contribution in [0.25, 0.3) is 10.9 Å². The van der Waals surface area contributed by atoms with Gasteiger partial charge in [-0.15, -0.1) is 0 Å². The third kappa shape index (κ3) is 3.37. The lowest BCUT2D eigenvalue weighted by atomic mass is 10.1. The zero-order valence-corrected chi connectivity index (χ0v) is 12.1. The monoisotopic (exact) mass is 293 g/mol. The summed E-state index contributed by atoms with van der Waals surface area (Å²) in [7, 11) is 3.41. The number of rotatable bonds is 5. The summed E-state index contributed by atoms with van der Waals surface area (Å²) < 4.78 is 5.16. The normalized spacial score (nSPS) is 11.0. The zero-order valence-electron chi connectivity index (χ0n) is 11.4. The van der Waals surface area contributed by atoms with E-state index in [-0.39, 0.29) is 12.5 Å². The average Bonchev–Trinajstić information content (AvgIpc) is 2.38. The molecule has 1 aromatic carbocycles. The lowest BCUT2D eigenvalue weighted by Gasteiger charge is -2.15. The molecule has 0 bridgehead atoms. The summed E-state index contributed by atoms with van der Waals surface area (Å²) in [5.41, 5.74) is 6.79. The molecule has 0 atom stereocenters. The van der Waals surface area contributed by atoms with Crippen LogP contribution in [0.2, 0.25) is 5.15 Å². The number of nitrogens with two attached hydrogens (primary N) is 1. The maximum absolute atomic E-state index is 10.9. The molecule has 2 N–H and O–H groups in total. The summed E-state index contributed by atoms with van der Waals surface area (Å²) in [6.07, 6.45) is 0. The van der Waals surface area contributed by atoms with E-state index in [0.717, 1.165) is 22.2 Å². The molecule has 0 spiro atoms. The molecule has 1 heterocycles. The van der Waals surface area contributed by atoms with Crippen molar-refractivity contribution in [3.05, 3.63) is 35.0 Å². The third-order valence-corrected chi connectivity index (χ3v) is 3.24. The molecule has 0 saturated carbocycles. The molecule has 0 aliphatic heterocycles. The number of aromatic nitrogens is 1. The number of primary amides is 1. The van der Waals surface area contributed by atoms with Crippen LogP contribution in [0.1, 0.15) is 5.56 Å². The molecule has 0 fully saturated rings. The molecule has 1 amide bonds. The molecule has 1 aromatic heterocycles. The Morgan fingerprint density at radius 1 is 1.45 bits per heavy atom. The number of carbonyl (C=O) groups is 1. The Labute approximate surface area is 122 Å². The predicted molar refractivity (Wildman–Crippen MR) is 78.8 cm³/mol. The maximum Gasteiger partial charge on any atom is 0.231 e. The number of halogens is 1. The van der Waals surface area contributed by atoms with Gasteiger partial charge in [-0.05, 0) is 25.2 Å². The first kappa shape index (κ1) is 14.6. The minimum absolute atomic E-state index is 0.178. The fraction of sp³-hybridized carbons (Fsp3) is 0.286. The van der Waals surface area contributed by atoms with Gasteiger partial charge in [-0.25, -0.2) is 4.98 Å². The number of amides is 1. The molecular formula is C14H16ClN3O2. The molecule has 20 heavy (non-hydrogen) atoms. The SMILES string of the molecule is COc1ccc2cc(CN(C)CC(N)=O)c(Cl)nc2c1. The Kier molecular flexibility index (Phi) is 4.42. The highest BCUT2D eigenvalue weighted by Gasteiger charge is 2.10. The second kappa shape index (κ2) is 6.07. The Morgan fingerprint density at radius 3 is 2.85 bits per heavy atom. The Morgan fingerprint density at radius 2 is 2.20 bits per heavy atom. The first-order chi connectivity index (χ1) is 9.49. The predicted octanol–water partition coefficient (Wildman–Crippen LogP) is 1.81. The van der Waals surface area contributed by atoms with Gasteiger partial charge in [-0.2, -0.15) is 0 Å². The smallest absolute Gasteiger partial charge is 0.231 e. The van der Waals surface area contributed by atoms with Crippen LogP contribution in [0.15, 0.2) is 24.3 Å². The second-order valence-corrected chi connectivity index (χ2v) is 4.99. The minimum atomic E-state index is -0.373. The summed E-state index contributed by atoms with van der Waals surface area (Å²) >= 11 is 6.18. The van der Waals surface area contributed by atoms with Crippen molar-refractivity contribution in [3.63, 3.8) is 0 Å². The van der Waals surface area contributed by atoms with E-state index in [2.05, 4.69) is 4.98 Å². The van der Waals surface area contributed by atoms with Crippen LogP contribution < -0.4 is 10.5 Å². The quantitative estimate of drug-likeness (QED) is 0.854. The zero-order chi connectivity index (χ0) is 14.7. The number of fused-ring (bicyclic) bond motifs is 1. The molecule has 0 aliphatic rings. The van der Waals surface area contributed by atoms with Gasteiger partial charge in [0, 0.05) is 23.6 Å². The van der Waals surface area contributed by atoms with E-state index in [1.54, 1.807) is 19.1 Å². The fourth-order valence-electron chi connectivity index (χ4n) is 2.02. The lowest BCUT2D eigenvalue weighted by molar-refractivity contribution is -0.118. The Balaban J connectivity index is 2.30. The van der Waals surface area contributed by atoms with Crippen molar-refractivity contribution in [2.24, 2.45) is 5.73 Å². The van der Waals surface area contributed by atoms with Gasteiger partial charge in [0.1, 0.15) is 10.9 Å². The number of methoxy groups -OCH3 is 1. The van der Waals surface area contributed by atoms with E-state index in [0.29, 0.717) is 11.7 Å². The van der Waals surface area contributed by atoms with E-state index in [1.165, 1.54) is 0 Å². The Hall–Kier alpha value is -1.85. The number of hydrogen-bond acceptors (Lipinski definition) is 4. The van der Waals surface area contributed by atoms with Gasteiger partial charge < -0.3 is 10.5 Å². The highest BCUT2D eigenvalue weighted by Crippen LogP contribution is 2.24. The molecule has 0 unspecified atom stereocenters. The molecule has 2 rings (SSSR count). The Bertz CT molecular complexity index is 646. The summed E-state index contributed by atoms with van der Waals surface area (Å²) in [6.45, 7) is 0.688. The number of likely N-dealkylation sites (N-methyl/N-ethyl adjacent to an activating group) is 1. The van der Waals surface area contributed by atoms with Crippen molar-refractivity contribution < 1.29 is 9.53 Å². The molecule has 106 valence electrons. The number of pyridine rings is 1. The molecule has 0 saturated heterocycles. The maximum atomic E-state index is 10.9. The van der Waals surface area contributed by atoms with E-state index in [1.807, 2.05) is 24.3 Å². The van der Waals surface area contributed by atoms with Gasteiger partial charge in [-0.1, -0.05) is 11.6 Å². The number of hydrogen-bond donors (Lipinski definition) is 1. The van der Waals surface area contributed by atoms with Crippen LogP contribution in [-0.4, -0.2) is 36.5 Å². The summed E-state index contributed by atoms with van der Waals surface area (Å²) in [5.74, 6) is 0.363. The number of benzene rings is 1.